The van der Waals surface area contributed by atoms with Crippen molar-refractivity contribution in [3.8, 4) is 0 Å². The number of hydrogen-bond acceptors (Lipinski definition) is 2. The Labute approximate surface area is 198 Å². The molecule has 9 heteroatoms. The summed E-state index contributed by atoms with van der Waals surface area (Å²) in [7, 11) is 0. The van der Waals surface area contributed by atoms with Gasteiger partial charge in [-0.3, -0.25) is 4.79 Å². The van der Waals surface area contributed by atoms with Crippen LogP contribution in [0, 0.1) is 11.8 Å². The van der Waals surface area contributed by atoms with E-state index >= 15 is 0 Å². The maximum absolute atomic E-state index is 13.1. The third-order valence-corrected chi connectivity index (χ3v) is 6.52. The summed E-state index contributed by atoms with van der Waals surface area (Å²) in [5.74, 6) is -0.796. The van der Waals surface area contributed by atoms with E-state index in [1.807, 2.05) is 29.2 Å². The summed E-state index contributed by atoms with van der Waals surface area (Å²) >= 11 is 9.05. The molecule has 0 aromatic heterocycles. The third-order valence-electron chi connectivity index (χ3n) is 5.67. The summed E-state index contributed by atoms with van der Waals surface area (Å²) in [6.07, 6.45) is -1.63. The first-order valence-electron chi connectivity index (χ1n) is 10.3. The first-order chi connectivity index (χ1) is 15.1. The third kappa shape index (κ3) is 6.93. The SMILES string of the molecule is O=C(O)C1CCC(CN(Cc2cccc(Br)c2)C(=S)Nc2cccc(C(F)(F)F)c2)CC1. The molecule has 32 heavy (non-hydrogen) atoms. The first kappa shape index (κ1) is 24.5. The number of anilines is 1. The van der Waals surface area contributed by atoms with Crippen molar-refractivity contribution >= 4 is 44.9 Å². The van der Waals surface area contributed by atoms with Crippen LogP contribution < -0.4 is 5.32 Å². The predicted octanol–water partition coefficient (Wildman–Crippen LogP) is 6.56. The number of halogens is 4. The molecule has 0 atom stereocenters. The molecule has 0 saturated heterocycles. The molecular formula is C23H24BrF3N2O2S. The fraction of sp³-hybridized carbons (Fsp3) is 0.391. The zero-order valence-corrected chi connectivity index (χ0v) is 19.6. The van der Waals surface area contributed by atoms with Crippen molar-refractivity contribution in [2.75, 3.05) is 11.9 Å². The molecule has 2 aromatic carbocycles. The molecule has 3 rings (SSSR count). The van der Waals surface area contributed by atoms with Gasteiger partial charge in [0.2, 0.25) is 0 Å². The molecule has 0 unspecified atom stereocenters. The summed E-state index contributed by atoms with van der Waals surface area (Å²) in [6.45, 7) is 1.09. The van der Waals surface area contributed by atoms with Gasteiger partial charge in [0.15, 0.2) is 5.11 Å². The number of carbonyl (C=O) groups is 1. The van der Waals surface area contributed by atoms with Crippen molar-refractivity contribution in [2.24, 2.45) is 11.8 Å². The van der Waals surface area contributed by atoms with Gasteiger partial charge in [-0.1, -0.05) is 34.1 Å². The van der Waals surface area contributed by atoms with Crippen molar-refractivity contribution in [3.05, 3.63) is 64.1 Å². The zero-order valence-electron chi connectivity index (χ0n) is 17.2. The smallest absolute Gasteiger partial charge is 0.416 e. The van der Waals surface area contributed by atoms with Gasteiger partial charge in [0.1, 0.15) is 0 Å². The molecule has 0 amide bonds. The topological polar surface area (TPSA) is 52.6 Å². The van der Waals surface area contributed by atoms with E-state index in [-0.39, 0.29) is 17.5 Å². The highest BCUT2D eigenvalue weighted by Gasteiger charge is 2.31. The van der Waals surface area contributed by atoms with Crippen LogP contribution in [-0.4, -0.2) is 27.6 Å². The standard InChI is InChI=1S/C23H24BrF3N2O2S/c24-19-5-1-3-16(11-19)14-29(13-15-7-9-17(10-8-15)21(30)31)22(32)28-20-6-2-4-18(12-20)23(25,26)27/h1-6,11-12,15,17H,7-10,13-14H2,(H,28,32)(H,30,31). The monoisotopic (exact) mass is 528 g/mol. The van der Waals surface area contributed by atoms with Crippen LogP contribution in [0.15, 0.2) is 53.0 Å². The van der Waals surface area contributed by atoms with E-state index in [2.05, 4.69) is 21.2 Å². The van der Waals surface area contributed by atoms with Crippen LogP contribution in [-0.2, 0) is 17.5 Å². The van der Waals surface area contributed by atoms with Crippen LogP contribution in [0.3, 0.4) is 0 Å². The van der Waals surface area contributed by atoms with E-state index in [4.69, 9.17) is 12.2 Å². The first-order valence-corrected chi connectivity index (χ1v) is 11.5. The summed E-state index contributed by atoms with van der Waals surface area (Å²) < 4.78 is 40.1. The quantitative estimate of drug-likeness (QED) is 0.416. The lowest BCUT2D eigenvalue weighted by molar-refractivity contribution is -0.143. The number of carboxylic acids is 1. The van der Waals surface area contributed by atoms with Crippen molar-refractivity contribution in [3.63, 3.8) is 0 Å². The highest BCUT2D eigenvalue weighted by molar-refractivity contribution is 9.10. The molecule has 2 aromatic rings. The Bertz CT molecular complexity index is 962. The minimum atomic E-state index is -4.43. The van der Waals surface area contributed by atoms with Gasteiger partial charge in [-0.25, -0.2) is 0 Å². The zero-order chi connectivity index (χ0) is 23.3. The van der Waals surface area contributed by atoms with Gasteiger partial charge < -0.3 is 15.3 Å². The van der Waals surface area contributed by atoms with Crippen LogP contribution in [0.1, 0.15) is 36.8 Å². The Kier molecular flexibility index (Phi) is 8.16. The lowest BCUT2D eigenvalue weighted by Gasteiger charge is -2.33. The molecule has 2 N–H and O–H groups in total. The molecule has 172 valence electrons. The van der Waals surface area contributed by atoms with Crippen LogP contribution in [0.4, 0.5) is 18.9 Å². The average molecular weight is 529 g/mol. The average Bonchev–Trinajstić information content (AvgIpc) is 2.73. The fourth-order valence-electron chi connectivity index (χ4n) is 3.95. The number of benzene rings is 2. The van der Waals surface area contributed by atoms with Gasteiger partial charge >= 0.3 is 12.1 Å². The molecule has 1 saturated carbocycles. The Morgan fingerprint density at radius 1 is 1.12 bits per heavy atom. The number of aliphatic carboxylic acids is 1. The molecule has 0 aliphatic heterocycles. The Balaban J connectivity index is 1.74. The molecule has 1 fully saturated rings. The fourth-order valence-corrected chi connectivity index (χ4v) is 4.66. The van der Waals surface area contributed by atoms with E-state index in [9.17, 15) is 23.1 Å². The van der Waals surface area contributed by atoms with Crippen LogP contribution in [0.2, 0.25) is 0 Å². The molecule has 4 nitrogen and oxygen atoms in total. The van der Waals surface area contributed by atoms with Crippen LogP contribution in [0.25, 0.3) is 0 Å². The Hall–Kier alpha value is -2.13. The largest absolute Gasteiger partial charge is 0.481 e. The second-order valence-corrected chi connectivity index (χ2v) is 9.38. The maximum Gasteiger partial charge on any atom is 0.416 e. The molecule has 0 spiro atoms. The van der Waals surface area contributed by atoms with E-state index < -0.39 is 17.7 Å². The molecule has 1 aliphatic rings. The van der Waals surface area contributed by atoms with Gasteiger partial charge in [-0.2, -0.15) is 13.2 Å². The molecule has 0 heterocycles. The van der Waals surface area contributed by atoms with Gasteiger partial charge in [0, 0.05) is 23.2 Å². The summed E-state index contributed by atoms with van der Waals surface area (Å²) in [5.41, 5.74) is 0.543. The van der Waals surface area contributed by atoms with Crippen LogP contribution >= 0.6 is 28.1 Å². The molecule has 0 bridgehead atoms. The van der Waals surface area contributed by atoms with E-state index in [1.54, 1.807) is 6.07 Å². The van der Waals surface area contributed by atoms with Gasteiger partial charge in [0.25, 0.3) is 0 Å². The van der Waals surface area contributed by atoms with Gasteiger partial charge in [0.05, 0.1) is 11.5 Å². The summed E-state index contributed by atoms with van der Waals surface area (Å²) in [5, 5.41) is 12.5. The minimum Gasteiger partial charge on any atom is -0.481 e. The number of nitrogens with one attached hydrogen (secondary N) is 1. The lowest BCUT2D eigenvalue weighted by atomic mass is 9.82. The number of thiocarbonyl (C=S) groups is 1. The van der Waals surface area contributed by atoms with Gasteiger partial charge in [-0.05, 0) is 79.7 Å². The maximum atomic E-state index is 13.1. The van der Waals surface area contributed by atoms with Crippen molar-refractivity contribution < 1.29 is 23.1 Å². The second-order valence-electron chi connectivity index (χ2n) is 8.08. The minimum absolute atomic E-state index is 0.263. The second kappa shape index (κ2) is 10.7. The molecule has 1 aliphatic carbocycles. The predicted molar refractivity (Wildman–Crippen MR) is 125 cm³/mol. The lowest BCUT2D eigenvalue weighted by Crippen LogP contribution is -2.39. The molecule has 0 radical (unpaired) electrons. The Morgan fingerprint density at radius 3 is 2.44 bits per heavy atom. The van der Waals surface area contributed by atoms with Crippen molar-refractivity contribution in [1.29, 1.82) is 0 Å². The number of rotatable bonds is 6. The normalized spacial score (nSPS) is 18.8. The van der Waals surface area contributed by atoms with Gasteiger partial charge in [-0.15, -0.1) is 0 Å². The van der Waals surface area contributed by atoms with E-state index in [1.165, 1.54) is 6.07 Å². The van der Waals surface area contributed by atoms with E-state index in [0.29, 0.717) is 31.0 Å². The summed E-state index contributed by atoms with van der Waals surface area (Å²) in [6, 6.07) is 12.7. The summed E-state index contributed by atoms with van der Waals surface area (Å²) in [4.78, 5) is 13.2. The number of alkyl halides is 3. The Morgan fingerprint density at radius 2 is 1.81 bits per heavy atom. The molecular weight excluding hydrogens is 505 g/mol. The van der Waals surface area contributed by atoms with Crippen molar-refractivity contribution in [2.45, 2.75) is 38.4 Å². The van der Waals surface area contributed by atoms with E-state index in [0.717, 1.165) is 35.0 Å². The number of carboxylic acid groups (broad SMARTS) is 1. The highest BCUT2D eigenvalue weighted by Crippen LogP contribution is 2.32. The van der Waals surface area contributed by atoms with Crippen LogP contribution in [0.5, 0.6) is 0 Å². The number of hydrogen-bond donors (Lipinski definition) is 2. The number of nitrogens with zero attached hydrogens (tertiary/aromatic N) is 1. The van der Waals surface area contributed by atoms with Crippen molar-refractivity contribution in [1.82, 2.24) is 4.90 Å². The highest BCUT2D eigenvalue weighted by atomic mass is 79.9.